The van der Waals surface area contributed by atoms with Gasteiger partial charge in [-0.25, -0.2) is 0 Å². The molecule has 0 radical (unpaired) electrons. The van der Waals surface area contributed by atoms with E-state index >= 15 is 0 Å². The molecule has 7 heteroatoms. The predicted molar refractivity (Wildman–Crippen MR) is 109 cm³/mol. The number of benzene rings is 2. The highest BCUT2D eigenvalue weighted by Crippen LogP contribution is 2.45. The maximum Gasteiger partial charge on any atom is 0.203 e. The number of halogens is 1. The van der Waals surface area contributed by atoms with Gasteiger partial charge in [0.05, 0.1) is 45.3 Å². The Labute approximate surface area is 168 Å². The van der Waals surface area contributed by atoms with E-state index in [-0.39, 0.29) is 5.71 Å². The zero-order valence-corrected chi connectivity index (χ0v) is 16.9. The van der Waals surface area contributed by atoms with Gasteiger partial charge in [0.25, 0.3) is 0 Å². The van der Waals surface area contributed by atoms with Crippen LogP contribution in [0.25, 0.3) is 11.1 Å². The quantitative estimate of drug-likeness (QED) is 0.759. The number of aliphatic hydroxyl groups is 1. The Morgan fingerprint density at radius 1 is 0.893 bits per heavy atom. The number of ether oxygens (including phenoxy) is 4. The van der Waals surface area contributed by atoms with Crippen LogP contribution in [0.4, 0.5) is 0 Å². The van der Waals surface area contributed by atoms with Crippen LogP contribution in [0.3, 0.4) is 0 Å². The van der Waals surface area contributed by atoms with E-state index in [1.807, 2.05) is 6.07 Å². The molecule has 0 saturated heterocycles. The molecule has 0 fully saturated rings. The number of methoxy groups -OCH3 is 4. The Balaban J connectivity index is 2.22. The largest absolute Gasteiger partial charge is 0.495 e. The van der Waals surface area contributed by atoms with Crippen LogP contribution in [0.2, 0.25) is 5.02 Å². The van der Waals surface area contributed by atoms with Crippen LogP contribution in [0.1, 0.15) is 17.5 Å². The summed E-state index contributed by atoms with van der Waals surface area (Å²) in [4.78, 5) is 0. The molecule has 0 heterocycles. The van der Waals surface area contributed by atoms with Crippen molar-refractivity contribution in [2.45, 2.75) is 12.5 Å². The van der Waals surface area contributed by atoms with Crippen LogP contribution in [-0.2, 0) is 0 Å². The second-order valence-corrected chi connectivity index (χ2v) is 6.66. The van der Waals surface area contributed by atoms with E-state index in [1.165, 1.54) is 21.3 Å². The first-order valence-electron chi connectivity index (χ1n) is 8.59. The highest BCUT2D eigenvalue weighted by atomic mass is 35.5. The maximum absolute atomic E-state index is 10.4. The average Bonchev–Trinajstić information content (AvgIpc) is 3.01. The molecule has 2 aromatic rings. The van der Waals surface area contributed by atoms with Gasteiger partial charge in [-0.05, 0) is 41.0 Å². The molecule has 0 spiro atoms. The molecule has 1 aliphatic carbocycles. The Hall–Kier alpha value is -2.70. The third kappa shape index (κ3) is 3.41. The minimum absolute atomic E-state index is 0.135. The van der Waals surface area contributed by atoms with Crippen molar-refractivity contribution in [2.24, 2.45) is 0 Å². The summed E-state index contributed by atoms with van der Waals surface area (Å²) in [6.07, 6.45) is -0.585. The van der Waals surface area contributed by atoms with Crippen molar-refractivity contribution in [1.29, 1.82) is 5.41 Å². The third-order valence-corrected chi connectivity index (χ3v) is 5.05. The van der Waals surface area contributed by atoms with E-state index in [4.69, 9.17) is 36.0 Å². The first-order valence-corrected chi connectivity index (χ1v) is 8.97. The van der Waals surface area contributed by atoms with Crippen LogP contribution in [-0.4, -0.2) is 45.4 Å². The summed E-state index contributed by atoms with van der Waals surface area (Å²) in [7, 11) is 6.16. The van der Waals surface area contributed by atoms with Gasteiger partial charge in [0, 0.05) is 12.0 Å². The summed E-state index contributed by atoms with van der Waals surface area (Å²) in [6.45, 7) is 0. The topological polar surface area (TPSA) is 81.0 Å². The monoisotopic (exact) mass is 403 g/mol. The Morgan fingerprint density at radius 2 is 1.50 bits per heavy atom. The van der Waals surface area contributed by atoms with E-state index in [9.17, 15) is 5.11 Å². The van der Waals surface area contributed by atoms with E-state index in [0.717, 1.165) is 11.1 Å². The minimum atomic E-state index is -0.898. The van der Waals surface area contributed by atoms with Crippen molar-refractivity contribution in [3.05, 3.63) is 46.5 Å². The lowest BCUT2D eigenvalue weighted by Gasteiger charge is -2.16. The molecule has 28 heavy (non-hydrogen) atoms. The standard InChI is InChI=1S/C21H22ClNO5/c1-25-16-6-5-11(7-14(16)22)13-10-15(24)20(23)19(13)12-8-17(26-2)21(28-4)18(9-12)27-3/h5-9,15,23-24H,10H2,1-4H3. The normalized spacial score (nSPS) is 16.4. The Kier molecular flexibility index (Phi) is 5.82. The fourth-order valence-electron chi connectivity index (χ4n) is 3.40. The summed E-state index contributed by atoms with van der Waals surface area (Å²) in [6, 6.07) is 8.96. The van der Waals surface area contributed by atoms with Crippen molar-refractivity contribution in [3.63, 3.8) is 0 Å². The fraction of sp³-hybridized carbons (Fsp3) is 0.286. The van der Waals surface area contributed by atoms with Crippen molar-refractivity contribution in [1.82, 2.24) is 0 Å². The van der Waals surface area contributed by atoms with Crippen molar-refractivity contribution in [3.8, 4) is 23.0 Å². The Morgan fingerprint density at radius 3 is 2.00 bits per heavy atom. The number of rotatable bonds is 6. The lowest BCUT2D eigenvalue weighted by molar-refractivity contribution is 0.251. The van der Waals surface area contributed by atoms with Gasteiger partial charge in [-0.1, -0.05) is 17.7 Å². The molecule has 2 N–H and O–H groups in total. The molecule has 1 unspecified atom stereocenters. The average molecular weight is 404 g/mol. The van der Waals surface area contributed by atoms with Crippen LogP contribution >= 0.6 is 11.6 Å². The molecule has 148 valence electrons. The number of aliphatic hydroxyl groups excluding tert-OH is 1. The van der Waals surface area contributed by atoms with Crippen molar-refractivity contribution in [2.75, 3.05) is 28.4 Å². The summed E-state index contributed by atoms with van der Waals surface area (Å²) in [5, 5.41) is 19.3. The van der Waals surface area contributed by atoms with E-state index in [2.05, 4.69) is 0 Å². The minimum Gasteiger partial charge on any atom is -0.495 e. The fourth-order valence-corrected chi connectivity index (χ4v) is 3.66. The summed E-state index contributed by atoms with van der Waals surface area (Å²) in [5.41, 5.74) is 3.08. The maximum atomic E-state index is 10.4. The Bertz CT molecular complexity index is 929. The molecule has 0 bridgehead atoms. The van der Waals surface area contributed by atoms with Crippen LogP contribution in [0.5, 0.6) is 23.0 Å². The molecule has 6 nitrogen and oxygen atoms in total. The van der Waals surface area contributed by atoms with Crippen LogP contribution in [0.15, 0.2) is 30.3 Å². The summed E-state index contributed by atoms with van der Waals surface area (Å²) < 4.78 is 21.5. The van der Waals surface area contributed by atoms with E-state index in [1.54, 1.807) is 31.4 Å². The summed E-state index contributed by atoms with van der Waals surface area (Å²) >= 11 is 6.29. The molecule has 0 saturated carbocycles. The zero-order valence-electron chi connectivity index (χ0n) is 16.1. The molecule has 0 aliphatic heterocycles. The van der Waals surface area contributed by atoms with Crippen molar-refractivity contribution < 1.29 is 24.1 Å². The zero-order chi connectivity index (χ0) is 20.4. The third-order valence-electron chi connectivity index (χ3n) is 4.76. The van der Waals surface area contributed by atoms with Crippen LogP contribution < -0.4 is 18.9 Å². The summed E-state index contributed by atoms with van der Waals surface area (Å²) in [5.74, 6) is 1.98. The highest BCUT2D eigenvalue weighted by Gasteiger charge is 2.31. The van der Waals surface area contributed by atoms with Gasteiger partial charge in [0.2, 0.25) is 5.75 Å². The molecule has 2 aromatic carbocycles. The van der Waals surface area contributed by atoms with Crippen molar-refractivity contribution >= 4 is 28.5 Å². The van der Waals surface area contributed by atoms with E-state index < -0.39 is 6.10 Å². The van der Waals surface area contributed by atoms with Gasteiger partial charge in [-0.3, -0.25) is 0 Å². The molecule has 1 atom stereocenters. The first-order chi connectivity index (χ1) is 13.4. The molecule has 0 amide bonds. The number of nitrogens with one attached hydrogen (secondary N) is 1. The molecule has 0 aromatic heterocycles. The predicted octanol–water partition coefficient (Wildman–Crippen LogP) is 4.07. The van der Waals surface area contributed by atoms with E-state index in [0.29, 0.717) is 45.6 Å². The van der Waals surface area contributed by atoms with Crippen LogP contribution in [0, 0.1) is 5.41 Å². The van der Waals surface area contributed by atoms with Gasteiger partial charge in [0.15, 0.2) is 11.5 Å². The SMILES string of the molecule is COc1ccc(C2=C(c3cc(OC)c(OC)c(OC)c3)C(=N)C(O)C2)cc1Cl. The number of hydrogen-bond donors (Lipinski definition) is 2. The second-order valence-electron chi connectivity index (χ2n) is 6.25. The van der Waals surface area contributed by atoms with Gasteiger partial charge >= 0.3 is 0 Å². The number of hydrogen-bond acceptors (Lipinski definition) is 6. The first kappa shape index (κ1) is 20.0. The van der Waals surface area contributed by atoms with Gasteiger partial charge in [0.1, 0.15) is 5.75 Å². The van der Waals surface area contributed by atoms with Gasteiger partial charge < -0.3 is 29.5 Å². The van der Waals surface area contributed by atoms with Gasteiger partial charge in [-0.15, -0.1) is 0 Å². The molecule has 3 rings (SSSR count). The smallest absolute Gasteiger partial charge is 0.203 e. The molecule has 1 aliphatic rings. The lowest BCUT2D eigenvalue weighted by Crippen LogP contribution is -2.14. The molecular formula is C21H22ClNO5. The lowest BCUT2D eigenvalue weighted by atomic mass is 9.95. The molecular weight excluding hydrogens is 382 g/mol. The highest BCUT2D eigenvalue weighted by molar-refractivity contribution is 6.35. The van der Waals surface area contributed by atoms with Gasteiger partial charge in [-0.2, -0.15) is 0 Å². The second kappa shape index (κ2) is 8.12.